The molecule has 0 spiro atoms. The fourth-order valence-corrected chi connectivity index (χ4v) is 1.88. The highest BCUT2D eigenvalue weighted by atomic mass is 16.6. The highest BCUT2D eigenvalue weighted by Gasteiger charge is 2.61. The van der Waals surface area contributed by atoms with Crippen LogP contribution in [-0.4, -0.2) is 5.60 Å². The van der Waals surface area contributed by atoms with Crippen LogP contribution < -0.4 is 5.73 Å². The van der Waals surface area contributed by atoms with Gasteiger partial charge in [-0.2, -0.15) is 15.8 Å². The van der Waals surface area contributed by atoms with Crippen molar-refractivity contribution in [2.75, 3.05) is 0 Å². The summed E-state index contributed by atoms with van der Waals surface area (Å²) in [7, 11) is 0. The van der Waals surface area contributed by atoms with Crippen molar-refractivity contribution < 1.29 is 4.74 Å². The van der Waals surface area contributed by atoms with Crippen molar-refractivity contribution >= 4 is 0 Å². The number of rotatable bonds is 2. The zero-order valence-electron chi connectivity index (χ0n) is 10.2. The number of ether oxygens (including phenoxy) is 1. The first-order chi connectivity index (χ1) is 9.08. The molecule has 2 atom stereocenters. The van der Waals surface area contributed by atoms with Gasteiger partial charge < -0.3 is 10.5 Å². The Morgan fingerprint density at radius 1 is 1.21 bits per heavy atom. The maximum atomic E-state index is 9.25. The maximum Gasteiger partial charge on any atom is 0.227 e. The van der Waals surface area contributed by atoms with Gasteiger partial charge in [-0.15, -0.1) is 0 Å². The molecule has 1 aromatic rings. The molecule has 1 saturated heterocycles. The van der Waals surface area contributed by atoms with Crippen molar-refractivity contribution in [2.24, 2.45) is 5.73 Å². The number of hydrogen-bond acceptors (Lipinski definition) is 5. The van der Waals surface area contributed by atoms with E-state index in [1.807, 2.05) is 37.3 Å². The molecule has 0 bridgehead atoms. The predicted molar refractivity (Wildman–Crippen MR) is 65.8 cm³/mol. The van der Waals surface area contributed by atoms with E-state index in [0.29, 0.717) is 0 Å². The fourth-order valence-electron chi connectivity index (χ4n) is 1.88. The van der Waals surface area contributed by atoms with Gasteiger partial charge in [0.15, 0.2) is 5.57 Å². The fraction of sp³-hybridized carbons (Fsp3) is 0.214. The van der Waals surface area contributed by atoms with Crippen LogP contribution in [0.15, 0.2) is 35.5 Å². The number of nitrogens with zero attached hydrogens (tertiary/aromatic N) is 3. The summed E-state index contributed by atoms with van der Waals surface area (Å²) in [6.07, 6.45) is -0.533. The van der Waals surface area contributed by atoms with Crippen LogP contribution in [0.3, 0.4) is 0 Å². The summed E-state index contributed by atoms with van der Waals surface area (Å²) in [5, 5.41) is 26.8. The van der Waals surface area contributed by atoms with Gasteiger partial charge in [0.2, 0.25) is 5.60 Å². The molecule has 0 aromatic heterocycles. The molecule has 92 valence electrons. The van der Waals surface area contributed by atoms with Gasteiger partial charge in [-0.3, -0.25) is 0 Å². The second-order valence-electron chi connectivity index (χ2n) is 4.27. The van der Waals surface area contributed by atoms with E-state index in [-0.39, 0.29) is 11.3 Å². The minimum Gasteiger partial charge on any atom is -0.397 e. The monoisotopic (exact) mass is 250 g/mol. The first kappa shape index (κ1) is 12.6. The van der Waals surface area contributed by atoms with Crippen LogP contribution in [-0.2, 0) is 4.74 Å². The van der Waals surface area contributed by atoms with E-state index in [4.69, 9.17) is 21.0 Å². The summed E-state index contributed by atoms with van der Waals surface area (Å²) < 4.78 is 5.38. The van der Waals surface area contributed by atoms with Gasteiger partial charge in [-0.1, -0.05) is 29.8 Å². The van der Waals surface area contributed by atoms with Crippen molar-refractivity contribution in [2.45, 2.75) is 18.6 Å². The molecule has 5 heteroatoms. The Bertz CT molecular complexity index is 653. The van der Waals surface area contributed by atoms with Gasteiger partial charge in [-0.05, 0) is 12.5 Å². The molecule has 1 aromatic carbocycles. The predicted octanol–water partition coefficient (Wildman–Crippen LogP) is 1.59. The summed E-state index contributed by atoms with van der Waals surface area (Å²) in [6, 6.07) is 12.8. The first-order valence-electron chi connectivity index (χ1n) is 5.55. The van der Waals surface area contributed by atoms with Crippen molar-refractivity contribution in [3.05, 3.63) is 46.7 Å². The lowest BCUT2D eigenvalue weighted by Crippen LogP contribution is -2.22. The zero-order valence-corrected chi connectivity index (χ0v) is 10.2. The van der Waals surface area contributed by atoms with Gasteiger partial charge in [0.25, 0.3) is 0 Å². The molecular formula is C14H10N4O. The number of nitriles is 3. The van der Waals surface area contributed by atoms with Gasteiger partial charge in [0, 0.05) is 0 Å². The van der Waals surface area contributed by atoms with Gasteiger partial charge in [0.1, 0.15) is 24.3 Å². The van der Waals surface area contributed by atoms with Crippen LogP contribution >= 0.6 is 0 Å². The third-order valence-corrected chi connectivity index (χ3v) is 3.06. The van der Waals surface area contributed by atoms with Crippen LogP contribution in [0, 0.1) is 40.9 Å². The Hall–Kier alpha value is -2.81. The van der Waals surface area contributed by atoms with E-state index in [1.165, 1.54) is 0 Å². The molecular weight excluding hydrogens is 240 g/mol. The van der Waals surface area contributed by atoms with Crippen LogP contribution in [0.2, 0.25) is 0 Å². The summed E-state index contributed by atoms with van der Waals surface area (Å²) in [5.41, 5.74) is 5.83. The number of aryl methyl sites for hydroxylation is 1. The van der Waals surface area contributed by atoms with E-state index < -0.39 is 11.7 Å². The van der Waals surface area contributed by atoms with Crippen molar-refractivity contribution in [1.29, 1.82) is 15.8 Å². The van der Waals surface area contributed by atoms with Crippen molar-refractivity contribution in [3.63, 3.8) is 0 Å². The first-order valence-corrected chi connectivity index (χ1v) is 5.55. The molecule has 2 rings (SSSR count). The third kappa shape index (κ3) is 1.91. The van der Waals surface area contributed by atoms with E-state index in [2.05, 4.69) is 0 Å². The maximum absolute atomic E-state index is 9.25. The lowest BCUT2D eigenvalue weighted by molar-refractivity contribution is 0.356. The van der Waals surface area contributed by atoms with Crippen LogP contribution in [0.25, 0.3) is 0 Å². The molecule has 1 heterocycles. The summed E-state index contributed by atoms with van der Waals surface area (Å²) in [6.45, 7) is 1.95. The molecule has 5 nitrogen and oxygen atoms in total. The molecule has 0 amide bonds. The molecule has 1 fully saturated rings. The Balaban J connectivity index is 2.40. The minimum absolute atomic E-state index is 0.120. The van der Waals surface area contributed by atoms with E-state index in [0.717, 1.165) is 11.1 Å². The number of hydrogen-bond donors (Lipinski definition) is 1. The summed E-state index contributed by atoms with van der Waals surface area (Å²) in [5.74, 6) is 0. The second-order valence-corrected chi connectivity index (χ2v) is 4.27. The van der Waals surface area contributed by atoms with Gasteiger partial charge in [-0.25, -0.2) is 0 Å². The molecule has 2 N–H and O–H groups in total. The molecule has 0 aliphatic carbocycles. The standard InChI is InChI=1S/C14H10N4O/c1-9-2-4-10(5-3-9)13-14(8-17,19-13)12(18)11(6-15)7-16/h2-5,13H,18H2,1H3. The van der Waals surface area contributed by atoms with Gasteiger partial charge >= 0.3 is 0 Å². The molecule has 19 heavy (non-hydrogen) atoms. The molecule has 1 aliphatic heterocycles. The average molecular weight is 250 g/mol. The molecule has 0 saturated carbocycles. The smallest absolute Gasteiger partial charge is 0.227 e. The molecule has 2 unspecified atom stereocenters. The third-order valence-electron chi connectivity index (χ3n) is 3.06. The Labute approximate surface area is 110 Å². The summed E-state index contributed by atoms with van der Waals surface area (Å²) in [4.78, 5) is 0. The minimum atomic E-state index is -1.39. The van der Waals surface area contributed by atoms with Crippen LogP contribution in [0.4, 0.5) is 0 Å². The quantitative estimate of drug-likeness (QED) is 0.633. The normalized spacial score (nSPS) is 23.6. The Kier molecular flexibility index (Phi) is 2.97. The second kappa shape index (κ2) is 4.46. The van der Waals surface area contributed by atoms with E-state index >= 15 is 0 Å². The molecule has 1 aliphatic rings. The SMILES string of the molecule is Cc1ccc(C2OC2(C#N)C(N)=C(C#N)C#N)cc1. The van der Waals surface area contributed by atoms with Crippen molar-refractivity contribution in [3.8, 4) is 18.2 Å². The van der Waals surface area contributed by atoms with E-state index in [1.54, 1.807) is 12.1 Å². The lowest BCUT2D eigenvalue weighted by Gasteiger charge is -2.04. The highest BCUT2D eigenvalue weighted by molar-refractivity contribution is 5.51. The number of nitrogens with two attached hydrogens (primary N) is 1. The Morgan fingerprint density at radius 3 is 2.26 bits per heavy atom. The van der Waals surface area contributed by atoms with Crippen LogP contribution in [0.5, 0.6) is 0 Å². The zero-order chi connectivity index (χ0) is 14.0. The molecule has 0 radical (unpaired) electrons. The van der Waals surface area contributed by atoms with E-state index in [9.17, 15) is 5.26 Å². The Morgan fingerprint density at radius 2 is 1.79 bits per heavy atom. The average Bonchev–Trinajstić information content (AvgIpc) is 3.17. The van der Waals surface area contributed by atoms with Gasteiger partial charge in [0.05, 0.1) is 5.70 Å². The summed E-state index contributed by atoms with van der Waals surface area (Å²) >= 11 is 0. The number of epoxide rings is 1. The lowest BCUT2D eigenvalue weighted by atomic mass is 9.95. The number of allylic oxidation sites excluding steroid dienone is 1. The highest BCUT2D eigenvalue weighted by Crippen LogP contribution is 2.53. The topological polar surface area (TPSA) is 110 Å². The van der Waals surface area contributed by atoms with Crippen LogP contribution in [0.1, 0.15) is 17.2 Å². The number of benzene rings is 1. The largest absolute Gasteiger partial charge is 0.397 e. The van der Waals surface area contributed by atoms with Crippen molar-refractivity contribution in [1.82, 2.24) is 0 Å².